The summed E-state index contributed by atoms with van der Waals surface area (Å²) in [6, 6.07) is -0.819. The largest absolute Gasteiger partial charge is 0.480 e. The number of aliphatic carboxylic acids is 1. The molecule has 0 radical (unpaired) electrons. The fraction of sp³-hybridized carbons (Fsp3) is 0.778. The van der Waals surface area contributed by atoms with Gasteiger partial charge in [-0.1, -0.05) is 27.7 Å². The summed E-state index contributed by atoms with van der Waals surface area (Å²) < 4.78 is 0. The number of carbonyl (C=O) groups excluding carboxylic acids is 1. The zero-order valence-electron chi connectivity index (χ0n) is 8.55. The van der Waals surface area contributed by atoms with Gasteiger partial charge < -0.3 is 10.4 Å². The Morgan fingerprint density at radius 1 is 1.38 bits per heavy atom. The van der Waals surface area contributed by atoms with Gasteiger partial charge >= 0.3 is 5.97 Å². The minimum atomic E-state index is -0.991. The van der Waals surface area contributed by atoms with Crippen molar-refractivity contribution in [2.24, 2.45) is 5.41 Å². The number of hydrogen-bond acceptors (Lipinski definition) is 2. The van der Waals surface area contributed by atoms with Crippen LogP contribution in [0.4, 0.5) is 0 Å². The Labute approximate surface area is 78.3 Å². The maximum absolute atomic E-state index is 11.0. The molecule has 0 fully saturated rings. The van der Waals surface area contributed by atoms with Gasteiger partial charge in [0.05, 0.1) is 0 Å². The van der Waals surface area contributed by atoms with Crippen molar-refractivity contribution in [1.82, 2.24) is 5.32 Å². The third-order valence-corrected chi connectivity index (χ3v) is 1.74. The Kier molecular flexibility index (Phi) is 3.91. The highest BCUT2D eigenvalue weighted by molar-refractivity contribution is 5.83. The first-order valence-electron chi connectivity index (χ1n) is 4.31. The molecule has 0 aliphatic carbocycles. The summed E-state index contributed by atoms with van der Waals surface area (Å²) in [6.07, 6.45) is 0.305. The minimum Gasteiger partial charge on any atom is -0.480 e. The van der Waals surface area contributed by atoms with Gasteiger partial charge in [-0.25, -0.2) is 4.79 Å². The molecule has 1 amide bonds. The van der Waals surface area contributed by atoms with E-state index >= 15 is 0 Å². The van der Waals surface area contributed by atoms with Crippen LogP contribution in [0.5, 0.6) is 0 Å². The van der Waals surface area contributed by atoms with Crippen molar-refractivity contribution in [3.8, 4) is 0 Å². The third kappa shape index (κ3) is 3.92. The first kappa shape index (κ1) is 11.9. The maximum atomic E-state index is 11.0. The number of amides is 1. The molecule has 0 aliphatic rings. The second-order valence-corrected chi connectivity index (χ2v) is 4.06. The highest BCUT2D eigenvalue weighted by Gasteiger charge is 2.31. The second kappa shape index (κ2) is 4.25. The average Bonchev–Trinajstić information content (AvgIpc) is 1.96. The van der Waals surface area contributed by atoms with E-state index in [2.05, 4.69) is 5.32 Å². The van der Waals surface area contributed by atoms with Crippen molar-refractivity contribution in [1.29, 1.82) is 0 Å². The molecule has 4 nitrogen and oxygen atoms in total. The highest BCUT2D eigenvalue weighted by Crippen LogP contribution is 2.19. The number of hydrogen-bond donors (Lipinski definition) is 2. The van der Waals surface area contributed by atoms with Gasteiger partial charge in [0, 0.05) is 6.42 Å². The molecule has 0 aromatic carbocycles. The van der Waals surface area contributed by atoms with Gasteiger partial charge in [0.25, 0.3) is 0 Å². The summed E-state index contributed by atoms with van der Waals surface area (Å²) in [5, 5.41) is 11.3. The van der Waals surface area contributed by atoms with Crippen LogP contribution >= 0.6 is 0 Å². The molecule has 0 heterocycles. The molecule has 1 atom stereocenters. The predicted molar refractivity (Wildman–Crippen MR) is 49.3 cm³/mol. The molecular formula is C9H17NO3. The van der Waals surface area contributed by atoms with Crippen LogP contribution < -0.4 is 5.32 Å². The summed E-state index contributed by atoms with van der Waals surface area (Å²) in [6.45, 7) is 7.03. The van der Waals surface area contributed by atoms with E-state index in [0.29, 0.717) is 6.42 Å². The lowest BCUT2D eigenvalue weighted by Gasteiger charge is -2.27. The number of rotatable bonds is 3. The van der Waals surface area contributed by atoms with Gasteiger partial charge in [0.1, 0.15) is 6.04 Å². The molecule has 0 saturated heterocycles. The zero-order chi connectivity index (χ0) is 10.6. The van der Waals surface area contributed by atoms with E-state index in [0.717, 1.165) is 0 Å². The molecule has 1 unspecified atom stereocenters. The molecule has 76 valence electrons. The van der Waals surface area contributed by atoms with E-state index in [-0.39, 0.29) is 5.91 Å². The first-order chi connectivity index (χ1) is 5.79. The minimum absolute atomic E-state index is 0.234. The van der Waals surface area contributed by atoms with Crippen LogP contribution in [0.1, 0.15) is 34.1 Å². The van der Waals surface area contributed by atoms with E-state index in [9.17, 15) is 9.59 Å². The van der Waals surface area contributed by atoms with Crippen LogP contribution in [-0.4, -0.2) is 23.0 Å². The molecule has 13 heavy (non-hydrogen) atoms. The van der Waals surface area contributed by atoms with Crippen LogP contribution in [0.15, 0.2) is 0 Å². The number of carboxylic acid groups (broad SMARTS) is 1. The molecule has 0 bridgehead atoms. The van der Waals surface area contributed by atoms with E-state index < -0.39 is 17.4 Å². The molecule has 0 saturated carbocycles. The van der Waals surface area contributed by atoms with E-state index in [1.165, 1.54) is 0 Å². The van der Waals surface area contributed by atoms with Crippen molar-refractivity contribution >= 4 is 11.9 Å². The van der Waals surface area contributed by atoms with Gasteiger partial charge in [-0.15, -0.1) is 0 Å². The number of carboxylic acids is 1. The molecule has 0 spiro atoms. The molecule has 4 heteroatoms. The molecule has 0 rings (SSSR count). The van der Waals surface area contributed by atoms with Crippen molar-refractivity contribution in [2.45, 2.75) is 40.2 Å². The smallest absolute Gasteiger partial charge is 0.326 e. The fourth-order valence-corrected chi connectivity index (χ4v) is 0.912. The average molecular weight is 187 g/mol. The summed E-state index contributed by atoms with van der Waals surface area (Å²) in [5.74, 6) is -1.23. The third-order valence-electron chi connectivity index (χ3n) is 1.74. The SMILES string of the molecule is CCC(=O)NC(C(=O)O)C(C)(C)C. The fourth-order valence-electron chi connectivity index (χ4n) is 0.912. The molecule has 2 N–H and O–H groups in total. The Morgan fingerprint density at radius 2 is 1.85 bits per heavy atom. The Balaban J connectivity index is 4.46. The van der Waals surface area contributed by atoms with Crippen molar-refractivity contribution in [3.63, 3.8) is 0 Å². The van der Waals surface area contributed by atoms with Crippen molar-refractivity contribution < 1.29 is 14.7 Å². The molecular weight excluding hydrogens is 170 g/mol. The van der Waals surface area contributed by atoms with Gasteiger partial charge in [-0.3, -0.25) is 4.79 Å². The van der Waals surface area contributed by atoms with Gasteiger partial charge in [-0.2, -0.15) is 0 Å². The summed E-state index contributed by atoms with van der Waals surface area (Å²) in [5.41, 5.74) is -0.462. The van der Waals surface area contributed by atoms with Crippen LogP contribution in [0.25, 0.3) is 0 Å². The van der Waals surface area contributed by atoms with Gasteiger partial charge in [0.2, 0.25) is 5.91 Å². The van der Waals surface area contributed by atoms with Gasteiger partial charge in [-0.05, 0) is 5.41 Å². The van der Waals surface area contributed by atoms with Crippen LogP contribution in [-0.2, 0) is 9.59 Å². The normalized spacial score (nSPS) is 13.5. The predicted octanol–water partition coefficient (Wildman–Crippen LogP) is 1.01. The zero-order valence-corrected chi connectivity index (χ0v) is 8.55. The van der Waals surface area contributed by atoms with Gasteiger partial charge in [0.15, 0.2) is 0 Å². The van der Waals surface area contributed by atoms with E-state index in [1.54, 1.807) is 27.7 Å². The van der Waals surface area contributed by atoms with Crippen LogP contribution in [0.2, 0.25) is 0 Å². The second-order valence-electron chi connectivity index (χ2n) is 4.06. The van der Waals surface area contributed by atoms with Crippen LogP contribution in [0, 0.1) is 5.41 Å². The highest BCUT2D eigenvalue weighted by atomic mass is 16.4. The standard InChI is InChI=1S/C9H17NO3/c1-5-6(11)10-7(8(12)13)9(2,3)4/h7H,5H2,1-4H3,(H,10,11)(H,12,13). The van der Waals surface area contributed by atoms with Crippen LogP contribution in [0.3, 0.4) is 0 Å². The number of nitrogens with one attached hydrogen (secondary N) is 1. The Morgan fingerprint density at radius 3 is 2.08 bits per heavy atom. The van der Waals surface area contributed by atoms with E-state index in [4.69, 9.17) is 5.11 Å². The van der Waals surface area contributed by atoms with Crippen molar-refractivity contribution in [3.05, 3.63) is 0 Å². The quantitative estimate of drug-likeness (QED) is 0.693. The van der Waals surface area contributed by atoms with E-state index in [1.807, 2.05) is 0 Å². The first-order valence-corrected chi connectivity index (χ1v) is 4.31. The van der Waals surface area contributed by atoms with Crippen molar-refractivity contribution in [2.75, 3.05) is 0 Å². The lowest BCUT2D eigenvalue weighted by Crippen LogP contribution is -2.48. The molecule has 0 aromatic heterocycles. The summed E-state index contributed by atoms with van der Waals surface area (Å²) in [7, 11) is 0. The Bertz CT molecular complexity index is 205. The summed E-state index contributed by atoms with van der Waals surface area (Å²) >= 11 is 0. The molecule has 0 aromatic rings. The summed E-state index contributed by atoms with van der Waals surface area (Å²) in [4.78, 5) is 21.8. The lowest BCUT2D eigenvalue weighted by molar-refractivity contribution is -0.144. The molecule has 0 aliphatic heterocycles. The Hall–Kier alpha value is -1.06. The topological polar surface area (TPSA) is 66.4 Å². The monoisotopic (exact) mass is 187 g/mol. The number of carbonyl (C=O) groups is 2. The lowest BCUT2D eigenvalue weighted by atomic mass is 9.87. The maximum Gasteiger partial charge on any atom is 0.326 e.